The molecule has 0 aliphatic carbocycles. The summed E-state index contributed by atoms with van der Waals surface area (Å²) in [6, 6.07) is 12.8. The lowest BCUT2D eigenvalue weighted by Crippen LogP contribution is -2.16. The molecule has 0 fully saturated rings. The van der Waals surface area contributed by atoms with Gasteiger partial charge in [0.25, 0.3) is 0 Å². The number of aliphatic hydroxyl groups excluding tert-OH is 1. The van der Waals surface area contributed by atoms with E-state index < -0.39 is 6.10 Å². The number of aldehydes is 1. The molecule has 2 rings (SSSR count). The van der Waals surface area contributed by atoms with Crippen LogP contribution < -0.4 is 14.4 Å². The number of anilines is 1. The van der Waals surface area contributed by atoms with Gasteiger partial charge in [-0.2, -0.15) is 0 Å². The summed E-state index contributed by atoms with van der Waals surface area (Å²) in [5, 5.41) is 10.3. The number of aliphatic hydroxyl groups is 1. The van der Waals surface area contributed by atoms with Gasteiger partial charge in [0.2, 0.25) is 0 Å². The molecule has 0 bridgehead atoms. The number of allylic oxidation sites excluding steroid dienone is 2. The van der Waals surface area contributed by atoms with Gasteiger partial charge in [0.05, 0.1) is 13.2 Å². The maximum atomic E-state index is 11.0. The van der Waals surface area contributed by atoms with Crippen LogP contribution >= 0.6 is 11.6 Å². The van der Waals surface area contributed by atoms with E-state index >= 15 is 0 Å². The number of halogens is 1. The fraction of sp³-hybridized carbons (Fsp3) is 0.346. The van der Waals surface area contributed by atoms with E-state index in [2.05, 4.69) is 4.74 Å². The molecule has 8 heteroatoms. The van der Waals surface area contributed by atoms with Gasteiger partial charge in [-0.3, -0.25) is 4.79 Å². The van der Waals surface area contributed by atoms with E-state index in [-0.39, 0.29) is 6.61 Å². The number of methoxy groups -OCH3 is 2. The van der Waals surface area contributed by atoms with Crippen LogP contribution in [0.5, 0.6) is 11.5 Å². The minimum Gasteiger partial charge on any atom is -0.493 e. The van der Waals surface area contributed by atoms with E-state index in [1.165, 1.54) is 6.08 Å². The molecule has 0 aromatic heterocycles. The largest absolute Gasteiger partial charge is 0.493 e. The third-order valence-electron chi connectivity index (χ3n) is 4.47. The van der Waals surface area contributed by atoms with Gasteiger partial charge in [0.15, 0.2) is 11.5 Å². The molecule has 0 radical (unpaired) electrons. The number of carbonyl (C=O) groups excluding carboxylic acids is 1. The molecule has 1 N–H and O–H groups in total. The van der Waals surface area contributed by atoms with Crippen LogP contribution in [0, 0.1) is 0 Å². The molecule has 0 unspecified atom stereocenters. The molecule has 0 amide bonds. The van der Waals surface area contributed by atoms with Crippen LogP contribution in [0.1, 0.15) is 18.9 Å². The highest BCUT2D eigenvalue weighted by Gasteiger charge is 2.10. The van der Waals surface area contributed by atoms with E-state index in [1.54, 1.807) is 51.8 Å². The minimum absolute atomic E-state index is 0.201. The smallest absolute Gasteiger partial charge is 0.162 e. The Morgan fingerprint density at radius 1 is 1.12 bits per heavy atom. The lowest BCUT2D eigenvalue weighted by molar-refractivity contribution is -0.104. The molecule has 2 aromatic rings. The van der Waals surface area contributed by atoms with Crippen molar-refractivity contribution in [3.63, 3.8) is 0 Å². The second-order valence-corrected chi connectivity index (χ2v) is 7.60. The molecule has 186 valence electrons. The predicted octanol–water partition coefficient (Wildman–Crippen LogP) is 5.01. The molecule has 0 saturated heterocycles. The second kappa shape index (κ2) is 16.6. The molecule has 2 aromatic carbocycles. The topological polar surface area (TPSA) is 77.5 Å². The van der Waals surface area contributed by atoms with Gasteiger partial charge >= 0.3 is 0 Å². The van der Waals surface area contributed by atoms with Gasteiger partial charge in [-0.1, -0.05) is 30.7 Å². The van der Waals surface area contributed by atoms with Crippen molar-refractivity contribution in [2.75, 3.05) is 39.9 Å². The maximum Gasteiger partial charge on any atom is 0.162 e. The summed E-state index contributed by atoms with van der Waals surface area (Å²) in [6.45, 7) is 2.41. The Labute approximate surface area is 207 Å². The molecular weight excluding hydrogens is 458 g/mol. The predicted molar refractivity (Wildman–Crippen MR) is 136 cm³/mol. The monoisotopic (exact) mass is 491 g/mol. The molecule has 0 aliphatic rings. The van der Waals surface area contributed by atoms with Crippen molar-refractivity contribution in [2.45, 2.75) is 26.1 Å². The maximum absolute atomic E-state index is 11.0. The van der Waals surface area contributed by atoms with E-state index in [0.717, 1.165) is 11.3 Å². The van der Waals surface area contributed by atoms with Gasteiger partial charge in [0, 0.05) is 50.3 Å². The molecule has 34 heavy (non-hydrogen) atoms. The van der Waals surface area contributed by atoms with E-state index in [0.29, 0.717) is 41.6 Å². The average Bonchev–Trinajstić information content (AvgIpc) is 2.85. The zero-order valence-electron chi connectivity index (χ0n) is 20.4. The van der Waals surface area contributed by atoms with E-state index in [9.17, 15) is 9.90 Å². The molecule has 0 heterocycles. The Kier molecular flexibility index (Phi) is 14.2. The first-order valence-electron chi connectivity index (χ1n) is 10.7. The summed E-state index contributed by atoms with van der Waals surface area (Å²) >= 11 is 5.89. The summed E-state index contributed by atoms with van der Waals surface area (Å²) in [4.78, 5) is 12.8. The highest BCUT2D eigenvalue weighted by atomic mass is 35.5. The van der Waals surface area contributed by atoms with E-state index in [1.807, 2.05) is 43.1 Å². The number of carbonyl (C=O) groups is 1. The summed E-state index contributed by atoms with van der Waals surface area (Å²) < 4.78 is 21.0. The van der Waals surface area contributed by atoms with Gasteiger partial charge in [-0.05, 0) is 42.3 Å². The molecule has 0 aliphatic heterocycles. The highest BCUT2D eigenvalue weighted by molar-refractivity contribution is 6.30. The Morgan fingerprint density at radius 3 is 2.38 bits per heavy atom. The fourth-order valence-corrected chi connectivity index (χ4v) is 2.66. The second-order valence-electron chi connectivity index (χ2n) is 7.16. The number of ether oxygens (including phenoxy) is 4. The van der Waals surface area contributed by atoms with Gasteiger partial charge < -0.3 is 29.0 Å². The molecule has 1 atom stereocenters. The SMILES string of the molecule is CC[C@@H](O)COc1ccc(N(C)/C=C\C(=C/C=O)OCc2ccc(Cl)cc2)cc1OC.COC. The van der Waals surface area contributed by atoms with Gasteiger partial charge in [0.1, 0.15) is 25.3 Å². The molecule has 0 saturated carbocycles. The molecular formula is C26H34ClNO6. The van der Waals surface area contributed by atoms with Crippen molar-refractivity contribution in [3.8, 4) is 11.5 Å². The van der Waals surface area contributed by atoms with Crippen molar-refractivity contribution >= 4 is 23.6 Å². The third-order valence-corrected chi connectivity index (χ3v) is 4.72. The first-order valence-corrected chi connectivity index (χ1v) is 11.1. The summed E-state index contributed by atoms with van der Waals surface area (Å²) in [5.74, 6) is 1.55. The molecule has 0 spiro atoms. The first kappa shape index (κ1) is 29.0. The summed E-state index contributed by atoms with van der Waals surface area (Å²) in [7, 11) is 6.68. The lowest BCUT2D eigenvalue weighted by Gasteiger charge is -2.18. The van der Waals surface area contributed by atoms with Crippen molar-refractivity contribution in [1.82, 2.24) is 0 Å². The standard InChI is InChI=1S/C24H28ClNO5.C2H6O/c1-4-21(28)17-31-23-10-9-20(15-24(23)29-3)26(2)13-11-22(12-14-27)30-16-18-5-7-19(25)8-6-18;1-3-2/h5-15,21,28H,4,16-17H2,1-3H3;1-2H3/b13-11-,22-12+;/t21-;/m1./s1. The van der Waals surface area contributed by atoms with Crippen LogP contribution in [0.4, 0.5) is 5.69 Å². The minimum atomic E-state index is -0.522. The van der Waals surface area contributed by atoms with Crippen LogP contribution in [0.3, 0.4) is 0 Å². The Bertz CT molecular complexity index is 914. The zero-order chi connectivity index (χ0) is 25.3. The summed E-state index contributed by atoms with van der Waals surface area (Å²) in [5.41, 5.74) is 1.79. The molecule has 7 nitrogen and oxygen atoms in total. The van der Waals surface area contributed by atoms with Crippen LogP contribution in [-0.2, 0) is 20.9 Å². The number of benzene rings is 2. The quantitative estimate of drug-likeness (QED) is 0.193. The van der Waals surface area contributed by atoms with E-state index in [4.69, 9.17) is 25.8 Å². The van der Waals surface area contributed by atoms with Crippen LogP contribution in [0.25, 0.3) is 0 Å². The Hall–Kier alpha value is -3.00. The first-order chi connectivity index (χ1) is 16.4. The van der Waals surface area contributed by atoms with Gasteiger partial charge in [-0.25, -0.2) is 0 Å². The fourth-order valence-electron chi connectivity index (χ4n) is 2.54. The number of nitrogens with zero attached hydrogens (tertiary/aromatic N) is 1. The number of hydrogen-bond donors (Lipinski definition) is 1. The Balaban J connectivity index is 0.00000182. The van der Waals surface area contributed by atoms with Crippen LogP contribution in [0.2, 0.25) is 5.02 Å². The highest BCUT2D eigenvalue weighted by Crippen LogP contribution is 2.32. The van der Waals surface area contributed by atoms with Crippen molar-refractivity contribution in [1.29, 1.82) is 0 Å². The van der Waals surface area contributed by atoms with Crippen molar-refractivity contribution < 1.29 is 28.8 Å². The normalized spacial score (nSPS) is 11.9. The van der Waals surface area contributed by atoms with Crippen LogP contribution in [0.15, 0.2) is 66.6 Å². The lowest BCUT2D eigenvalue weighted by atomic mass is 10.2. The van der Waals surface area contributed by atoms with Gasteiger partial charge in [-0.15, -0.1) is 0 Å². The van der Waals surface area contributed by atoms with Crippen molar-refractivity contribution in [3.05, 3.63) is 77.2 Å². The number of rotatable bonds is 12. The average molecular weight is 492 g/mol. The summed E-state index contributed by atoms with van der Waals surface area (Å²) in [6.07, 6.45) is 5.63. The number of hydrogen-bond acceptors (Lipinski definition) is 7. The zero-order valence-corrected chi connectivity index (χ0v) is 21.1. The van der Waals surface area contributed by atoms with Crippen molar-refractivity contribution in [2.24, 2.45) is 0 Å². The van der Waals surface area contributed by atoms with Crippen LogP contribution in [-0.4, -0.2) is 52.5 Å². The third kappa shape index (κ3) is 10.7. The Morgan fingerprint density at radius 2 is 1.79 bits per heavy atom.